The summed E-state index contributed by atoms with van der Waals surface area (Å²) in [6.07, 6.45) is 14.5. The van der Waals surface area contributed by atoms with Crippen LogP contribution >= 0.6 is 34.8 Å². The average molecular weight is 1750 g/mol. The van der Waals surface area contributed by atoms with Gasteiger partial charge in [0.15, 0.2) is 41.0 Å². The number of phenolic OH excluding ortho intramolecular Hbond substituents is 1. The van der Waals surface area contributed by atoms with Crippen LogP contribution in [0.25, 0.3) is 33.8 Å². The number of unbranched alkanes of at least 4 members (excludes halogenated alkanes) is 4. The number of nitrogens with zero attached hydrogens (tertiary/aromatic N) is 10. The average Bonchev–Trinajstić information content (AvgIpc) is 1.59. The molecule has 0 aliphatic carbocycles. The summed E-state index contributed by atoms with van der Waals surface area (Å²) in [6.45, 7) is 22.4. The van der Waals surface area contributed by atoms with Crippen molar-refractivity contribution in [1.82, 2.24) is 49.9 Å². The number of anilines is 3. The van der Waals surface area contributed by atoms with Gasteiger partial charge in [-0.15, -0.1) is 19.9 Å². The van der Waals surface area contributed by atoms with E-state index in [-0.39, 0.29) is 56.9 Å². The van der Waals surface area contributed by atoms with Gasteiger partial charge in [-0.05, 0) is 199 Å². The van der Waals surface area contributed by atoms with Gasteiger partial charge in [0.1, 0.15) is 28.5 Å². The zero-order valence-corrected chi connectivity index (χ0v) is 74.7. The van der Waals surface area contributed by atoms with Crippen molar-refractivity contribution in [3.05, 3.63) is 230 Å². The van der Waals surface area contributed by atoms with Gasteiger partial charge in [-0.3, -0.25) is 33.7 Å². The van der Waals surface area contributed by atoms with Crippen LogP contribution in [0, 0.1) is 52.9 Å². The third-order valence-electron chi connectivity index (χ3n) is 21.4. The molecule has 6 atom stereocenters. The maximum atomic E-state index is 14.0. The number of aromatic nitrogens is 9. The number of hydrogen-bond acceptors (Lipinski definition) is 18. The number of para-hydroxylation sites is 1. The lowest BCUT2D eigenvalue weighted by Crippen LogP contribution is -2.45. The molecule has 0 radical (unpaired) electrons. The summed E-state index contributed by atoms with van der Waals surface area (Å²) in [5.41, 5.74) is 10.8. The predicted molar refractivity (Wildman–Crippen MR) is 485 cm³/mol. The van der Waals surface area contributed by atoms with Gasteiger partial charge < -0.3 is 43.6 Å². The van der Waals surface area contributed by atoms with Gasteiger partial charge in [-0.2, -0.15) is 14.3 Å². The summed E-state index contributed by atoms with van der Waals surface area (Å²) in [5, 5.41) is 42.8. The van der Waals surface area contributed by atoms with E-state index in [9.17, 15) is 28.5 Å². The minimum Gasteiger partial charge on any atom is -0.508 e. The van der Waals surface area contributed by atoms with E-state index in [0.29, 0.717) is 105 Å². The lowest BCUT2D eigenvalue weighted by atomic mass is 9.79. The maximum Gasteiger partial charge on any atom is 0.316 e. The van der Waals surface area contributed by atoms with Crippen molar-refractivity contribution in [1.29, 1.82) is 0 Å². The van der Waals surface area contributed by atoms with E-state index in [1.54, 1.807) is 80.7 Å². The number of halogens is 3. The van der Waals surface area contributed by atoms with E-state index < -0.39 is 34.7 Å². The lowest BCUT2D eigenvalue weighted by Gasteiger charge is -2.28. The molecule has 0 saturated heterocycles. The number of aryl methyl sites for hydroxylation is 6. The van der Waals surface area contributed by atoms with Gasteiger partial charge in [0.2, 0.25) is 17.3 Å². The summed E-state index contributed by atoms with van der Waals surface area (Å²) in [7, 11) is 3.10. The smallest absolute Gasteiger partial charge is 0.316 e. The number of H-pyrrole nitrogens is 1. The first-order chi connectivity index (χ1) is 59.2. The van der Waals surface area contributed by atoms with Crippen LogP contribution in [0.15, 0.2) is 181 Å². The molecule has 1 aliphatic heterocycles. The molecule has 0 bridgehead atoms. The third kappa shape index (κ3) is 23.7. The minimum atomic E-state index is -1.83. The number of benzene rings is 8. The van der Waals surface area contributed by atoms with Crippen molar-refractivity contribution in [2.75, 3.05) is 35.9 Å². The summed E-state index contributed by atoms with van der Waals surface area (Å²) in [5.74, 6) is 2.89. The van der Waals surface area contributed by atoms with E-state index in [1.807, 2.05) is 127 Å². The highest BCUT2D eigenvalue weighted by molar-refractivity contribution is 7.82. The normalized spacial score (nSPS) is 13.9. The van der Waals surface area contributed by atoms with Crippen LogP contribution in [-0.2, 0) is 35.2 Å². The second-order valence-electron chi connectivity index (χ2n) is 31.0. The predicted octanol–water partition coefficient (Wildman–Crippen LogP) is 21.3. The molecule has 13 rings (SSSR count). The van der Waals surface area contributed by atoms with Crippen LogP contribution in [0.3, 0.4) is 0 Å². The number of rotatable bonds is 36. The minimum absolute atomic E-state index is 0.0705. The topological polar surface area (TPSA) is 307 Å². The van der Waals surface area contributed by atoms with Crippen LogP contribution < -0.4 is 43.5 Å². The summed E-state index contributed by atoms with van der Waals surface area (Å²) < 4.78 is 55.1. The number of fused-ring (bicyclic) bond motifs is 2. The first-order valence-electron chi connectivity index (χ1n) is 41.4. The Kier molecular flexibility index (Phi) is 32.4. The Morgan fingerprint density at radius 3 is 2.07 bits per heavy atom. The van der Waals surface area contributed by atoms with E-state index in [0.717, 1.165) is 115 Å². The van der Waals surface area contributed by atoms with Gasteiger partial charge in [-0.25, -0.2) is 9.67 Å². The summed E-state index contributed by atoms with van der Waals surface area (Å²) in [4.78, 5) is 58.1. The maximum absolute atomic E-state index is 14.0. The molecule has 5 N–H and O–H groups in total. The number of amidine groups is 1. The summed E-state index contributed by atoms with van der Waals surface area (Å²) >= 11 is 17.2. The molecular formula is C93H107Cl3N14O12S. The number of methoxy groups -OCH3 is 2. The van der Waals surface area contributed by atoms with E-state index in [2.05, 4.69) is 86.0 Å². The van der Waals surface area contributed by atoms with Crippen LogP contribution in [0.1, 0.15) is 175 Å². The highest BCUT2D eigenvalue weighted by atomic mass is 35.5. The Morgan fingerprint density at radius 2 is 1.37 bits per heavy atom. The molecule has 123 heavy (non-hydrogen) atoms. The Bertz CT molecular complexity index is 5660. The van der Waals surface area contributed by atoms with E-state index in [4.69, 9.17) is 72.8 Å². The number of carbonyl (C=O) groups excluding carboxylic acids is 4. The Balaban J connectivity index is 0.000000193. The molecule has 648 valence electrons. The zero-order valence-electron chi connectivity index (χ0n) is 71.6. The fourth-order valence-corrected chi connectivity index (χ4v) is 16.1. The molecule has 4 aromatic heterocycles. The molecule has 0 saturated carbocycles. The highest BCUT2D eigenvalue weighted by Crippen LogP contribution is 2.44. The van der Waals surface area contributed by atoms with Crippen molar-refractivity contribution in [3.8, 4) is 57.5 Å². The SMILES string of the molecule is CCC(Oc1ccc(C)cc1C)C(=O)Nc1ccc(C)c(O)c1.CCCCOC(=O)C(CCCCCCC(C)(CCC)C(=O)NC1=NN(c2c(Cl)cc(Cl)cc2Cl)C(=O)C1n1cccn1)CCCC(C)c1ccccc1.COc1cccc(OC)c1Oc1nn2[nH]c(-c3cccc(NS(=O)Oc4cc(C)ccc4C)c3)nc2c1-n1nnc2cc(C)ccc21. The Hall–Kier alpha value is -11.8. The second-order valence-corrected chi connectivity index (χ2v) is 33.1. The van der Waals surface area contributed by atoms with Crippen molar-refractivity contribution in [2.45, 2.75) is 184 Å². The quantitative estimate of drug-likeness (QED) is 0.0180. The number of esters is 1. The van der Waals surface area contributed by atoms with Gasteiger partial charge >= 0.3 is 17.2 Å². The van der Waals surface area contributed by atoms with E-state index >= 15 is 0 Å². The number of ether oxygens (including phenoxy) is 5. The molecule has 12 aromatic rings. The molecule has 5 heterocycles. The fraction of sp³-hybridized carbons (Fsp3) is 0.355. The van der Waals surface area contributed by atoms with Crippen LogP contribution in [0.5, 0.6) is 40.4 Å². The number of aromatic amines is 1. The molecule has 0 spiro atoms. The Labute approximate surface area is 735 Å². The summed E-state index contributed by atoms with van der Waals surface area (Å²) in [6, 6.07) is 49.4. The van der Waals surface area contributed by atoms with Gasteiger partial charge in [0.05, 0.1) is 48.0 Å². The number of phenols is 1. The van der Waals surface area contributed by atoms with Crippen molar-refractivity contribution in [3.63, 3.8) is 0 Å². The molecular weight excluding hydrogens is 1640 g/mol. The van der Waals surface area contributed by atoms with E-state index in [1.165, 1.54) is 33.1 Å². The van der Waals surface area contributed by atoms with Gasteiger partial charge in [-0.1, -0.05) is 210 Å². The van der Waals surface area contributed by atoms with Crippen molar-refractivity contribution in [2.24, 2.45) is 16.4 Å². The number of carbonyl (C=O) groups is 4. The highest BCUT2D eigenvalue weighted by Gasteiger charge is 2.44. The zero-order chi connectivity index (χ0) is 88.0. The first kappa shape index (κ1) is 92.0. The first-order valence-corrected chi connectivity index (χ1v) is 43.6. The number of hydrogen-bond donors (Lipinski definition) is 5. The fourth-order valence-electron chi connectivity index (χ4n) is 14.4. The van der Waals surface area contributed by atoms with Crippen LogP contribution in [-0.4, -0.2) is 110 Å². The second kappa shape index (κ2) is 43.3. The third-order valence-corrected chi connectivity index (χ3v) is 22.9. The largest absolute Gasteiger partial charge is 0.508 e. The van der Waals surface area contributed by atoms with Crippen molar-refractivity contribution < 1.29 is 56.4 Å². The standard InChI is InChI=1S/C41H54Cl3N5O4.C33H30N8O5S.C19H23NO3/c1-5-7-26-53-39(51)31(21-15-17-29(3)30-18-12-10-13-19-30)20-11-8-9-14-23-41(4,22-6-2)40(52)46-37-36(48-25-16-24-45-48)38(50)49(47-37)35-33(43)27-32(42)28-34(35)44;1-19-13-15-25-24(16-19)35-39-40(25)29-32-34-31(36-41(32)37-33(29)45-30-26(43-4)10-7-11-27(30)44-5)22-8-6-9-23(18-22)38-47(42)46-28-17-20(2)12-14-21(28)3;1-5-17(23-18-9-6-12(2)10-14(18)4)19(22)20-15-8-7-13(3)16(21)11-15/h10,12-13,16,18-19,24-25,27-29,31,36H,5-9,11,14-15,17,20-23,26H2,1-4H3,(H,46,47,52);6-18,38H,1-5H3,(H,34,36);6-11,17,21H,5H2,1-4H3,(H,20,22). The lowest BCUT2D eigenvalue weighted by molar-refractivity contribution is -0.149. The number of aromatic hydroxyl groups is 1. The number of nitrogens with one attached hydrogen (secondary N) is 4. The molecule has 30 heteroatoms. The molecule has 0 fully saturated rings. The Morgan fingerprint density at radius 1 is 0.675 bits per heavy atom. The molecule has 1 aliphatic rings. The van der Waals surface area contributed by atoms with Gasteiger partial charge in [0.25, 0.3) is 17.7 Å². The molecule has 8 aromatic carbocycles. The van der Waals surface area contributed by atoms with Crippen LogP contribution in [0.4, 0.5) is 17.1 Å². The van der Waals surface area contributed by atoms with Crippen molar-refractivity contribution >= 4 is 109 Å². The monoisotopic (exact) mass is 1750 g/mol. The van der Waals surface area contributed by atoms with Gasteiger partial charge in [0, 0.05) is 40.1 Å². The number of amides is 3. The number of hydrazone groups is 1. The van der Waals surface area contributed by atoms with Crippen LogP contribution in [0.2, 0.25) is 15.1 Å². The molecule has 6 unspecified atom stereocenters. The molecule has 3 amide bonds. The molecule has 26 nitrogen and oxygen atoms in total.